The predicted molar refractivity (Wildman–Crippen MR) is 71.4 cm³/mol. The van der Waals surface area contributed by atoms with Crippen LogP contribution in [0.15, 0.2) is 4.52 Å². The van der Waals surface area contributed by atoms with Crippen LogP contribution in [0.3, 0.4) is 0 Å². The predicted octanol–water partition coefficient (Wildman–Crippen LogP) is 3.57. The van der Waals surface area contributed by atoms with Crippen LogP contribution in [0.25, 0.3) is 0 Å². The van der Waals surface area contributed by atoms with Crippen molar-refractivity contribution in [1.29, 1.82) is 0 Å². The molecule has 0 amide bonds. The number of aromatic nitrogens is 2. The molecule has 1 aromatic heterocycles. The van der Waals surface area contributed by atoms with Gasteiger partial charge in [0.05, 0.1) is 6.04 Å². The third-order valence-corrected chi connectivity index (χ3v) is 3.74. The van der Waals surface area contributed by atoms with Gasteiger partial charge in [0.1, 0.15) is 0 Å². The smallest absolute Gasteiger partial charge is 0.229 e. The summed E-state index contributed by atoms with van der Waals surface area (Å²) in [5.74, 6) is 2.05. The first kappa shape index (κ1) is 13.5. The molecule has 2 heterocycles. The molecule has 4 heteroatoms. The van der Waals surface area contributed by atoms with Gasteiger partial charge in [-0.05, 0) is 25.8 Å². The molecule has 1 saturated heterocycles. The number of unbranched alkanes of at least 4 members (excludes halogenated alkanes) is 1. The summed E-state index contributed by atoms with van der Waals surface area (Å²) in [4.78, 5) is 4.59. The molecule has 0 saturated carbocycles. The van der Waals surface area contributed by atoms with E-state index in [4.69, 9.17) is 4.52 Å². The largest absolute Gasteiger partial charge is 0.339 e. The highest BCUT2D eigenvalue weighted by atomic mass is 16.5. The van der Waals surface area contributed by atoms with Crippen LogP contribution in [-0.2, 0) is 0 Å². The zero-order valence-corrected chi connectivity index (χ0v) is 11.6. The molecule has 2 rings (SSSR count). The van der Waals surface area contributed by atoms with Crippen LogP contribution < -0.4 is 5.32 Å². The maximum Gasteiger partial charge on any atom is 0.229 e. The van der Waals surface area contributed by atoms with Gasteiger partial charge in [0.2, 0.25) is 5.89 Å². The molecule has 0 radical (unpaired) electrons. The topological polar surface area (TPSA) is 51.0 Å². The molecule has 0 aromatic carbocycles. The first-order valence-corrected chi connectivity index (χ1v) is 7.38. The van der Waals surface area contributed by atoms with Crippen molar-refractivity contribution < 1.29 is 4.52 Å². The fraction of sp³-hybridized carbons (Fsp3) is 0.857. The van der Waals surface area contributed by atoms with Gasteiger partial charge in [-0.3, -0.25) is 0 Å². The zero-order valence-electron chi connectivity index (χ0n) is 11.6. The first-order chi connectivity index (χ1) is 8.81. The third kappa shape index (κ3) is 3.55. The van der Waals surface area contributed by atoms with E-state index < -0.39 is 0 Å². The van der Waals surface area contributed by atoms with E-state index >= 15 is 0 Å². The summed E-state index contributed by atoms with van der Waals surface area (Å²) in [6, 6.07) is 0.295. The normalized spacial score (nSPS) is 22.7. The summed E-state index contributed by atoms with van der Waals surface area (Å²) >= 11 is 0. The van der Waals surface area contributed by atoms with E-state index in [-0.39, 0.29) is 0 Å². The van der Waals surface area contributed by atoms with Gasteiger partial charge in [-0.1, -0.05) is 44.7 Å². The SMILES string of the molecule is CCCCC(C)c1nc(C2CCCCCN2)no1. The standard InChI is InChI=1S/C14H25N3O/c1-3-4-8-11(2)14-16-13(17-18-14)12-9-6-5-7-10-15-12/h11-12,15H,3-10H2,1-2H3. The molecule has 4 nitrogen and oxygen atoms in total. The second kappa shape index (κ2) is 6.88. The molecule has 0 bridgehead atoms. The van der Waals surface area contributed by atoms with E-state index in [1.807, 2.05) is 0 Å². The van der Waals surface area contributed by atoms with Crippen molar-refractivity contribution in [2.24, 2.45) is 0 Å². The number of hydrogen-bond acceptors (Lipinski definition) is 4. The van der Waals surface area contributed by atoms with Gasteiger partial charge >= 0.3 is 0 Å². The van der Waals surface area contributed by atoms with Crippen molar-refractivity contribution in [1.82, 2.24) is 15.5 Å². The van der Waals surface area contributed by atoms with Crippen molar-refractivity contribution in [3.8, 4) is 0 Å². The van der Waals surface area contributed by atoms with Gasteiger partial charge in [0.15, 0.2) is 5.82 Å². The van der Waals surface area contributed by atoms with Gasteiger partial charge in [-0.15, -0.1) is 0 Å². The maximum atomic E-state index is 5.42. The Bertz CT molecular complexity index is 343. The summed E-state index contributed by atoms with van der Waals surface area (Å²) in [6.45, 7) is 5.45. The molecule has 1 aromatic rings. The summed E-state index contributed by atoms with van der Waals surface area (Å²) in [5.41, 5.74) is 0. The van der Waals surface area contributed by atoms with E-state index in [0.29, 0.717) is 12.0 Å². The fourth-order valence-corrected chi connectivity index (χ4v) is 2.47. The molecule has 0 aliphatic carbocycles. The average Bonchev–Trinajstić information content (AvgIpc) is 2.72. The summed E-state index contributed by atoms with van der Waals surface area (Å²) in [5, 5.41) is 7.67. The molecule has 2 atom stereocenters. The second-order valence-electron chi connectivity index (χ2n) is 5.39. The Labute approximate surface area is 110 Å². The number of rotatable bonds is 5. The van der Waals surface area contributed by atoms with Gasteiger partial charge < -0.3 is 9.84 Å². The van der Waals surface area contributed by atoms with E-state index in [1.165, 1.54) is 32.1 Å². The first-order valence-electron chi connectivity index (χ1n) is 7.38. The Morgan fingerprint density at radius 1 is 1.39 bits per heavy atom. The minimum absolute atomic E-state index is 0.295. The minimum atomic E-state index is 0.295. The second-order valence-corrected chi connectivity index (χ2v) is 5.39. The van der Waals surface area contributed by atoms with Crippen LogP contribution in [0.1, 0.15) is 82.5 Å². The third-order valence-electron chi connectivity index (χ3n) is 3.74. The quantitative estimate of drug-likeness (QED) is 0.869. The maximum absolute atomic E-state index is 5.42. The molecular weight excluding hydrogens is 226 g/mol. The van der Waals surface area contributed by atoms with Gasteiger partial charge in [-0.25, -0.2) is 0 Å². The number of nitrogens with one attached hydrogen (secondary N) is 1. The molecule has 0 spiro atoms. The van der Waals surface area contributed by atoms with Crippen LogP contribution in [0, 0.1) is 0 Å². The molecule has 18 heavy (non-hydrogen) atoms. The lowest BCUT2D eigenvalue weighted by Gasteiger charge is -2.10. The highest BCUT2D eigenvalue weighted by Gasteiger charge is 2.21. The van der Waals surface area contributed by atoms with Crippen LogP contribution >= 0.6 is 0 Å². The Morgan fingerprint density at radius 2 is 2.28 bits per heavy atom. The Balaban J connectivity index is 1.95. The van der Waals surface area contributed by atoms with Crippen molar-refractivity contribution in [3.63, 3.8) is 0 Å². The lowest BCUT2D eigenvalue weighted by atomic mass is 10.0. The van der Waals surface area contributed by atoms with Crippen LogP contribution in [0.4, 0.5) is 0 Å². The molecule has 102 valence electrons. The van der Waals surface area contributed by atoms with E-state index in [1.54, 1.807) is 0 Å². The molecule has 1 fully saturated rings. The lowest BCUT2D eigenvalue weighted by Crippen LogP contribution is -2.21. The highest BCUT2D eigenvalue weighted by Crippen LogP contribution is 2.24. The zero-order chi connectivity index (χ0) is 12.8. The summed E-state index contributed by atoms with van der Waals surface area (Å²) in [6.07, 6.45) is 8.52. The van der Waals surface area contributed by atoms with Gasteiger partial charge in [0, 0.05) is 5.92 Å². The molecule has 1 aliphatic rings. The Hall–Kier alpha value is -0.900. The van der Waals surface area contributed by atoms with Crippen LogP contribution in [-0.4, -0.2) is 16.7 Å². The molecular formula is C14H25N3O. The van der Waals surface area contributed by atoms with E-state index in [0.717, 1.165) is 31.1 Å². The highest BCUT2D eigenvalue weighted by molar-refractivity contribution is 4.98. The average molecular weight is 251 g/mol. The summed E-state index contributed by atoms with van der Waals surface area (Å²) < 4.78 is 5.42. The summed E-state index contributed by atoms with van der Waals surface area (Å²) in [7, 11) is 0. The Morgan fingerprint density at radius 3 is 3.11 bits per heavy atom. The van der Waals surface area contributed by atoms with Crippen molar-refractivity contribution >= 4 is 0 Å². The molecule has 1 N–H and O–H groups in total. The van der Waals surface area contributed by atoms with Crippen LogP contribution in [0.5, 0.6) is 0 Å². The van der Waals surface area contributed by atoms with Crippen molar-refractivity contribution in [2.75, 3.05) is 6.54 Å². The van der Waals surface area contributed by atoms with Crippen molar-refractivity contribution in [2.45, 2.75) is 70.8 Å². The lowest BCUT2D eigenvalue weighted by molar-refractivity contribution is 0.342. The number of nitrogens with zero attached hydrogens (tertiary/aromatic N) is 2. The number of hydrogen-bond donors (Lipinski definition) is 1. The monoisotopic (exact) mass is 251 g/mol. The van der Waals surface area contributed by atoms with Crippen LogP contribution in [0.2, 0.25) is 0 Å². The molecule has 2 unspecified atom stereocenters. The van der Waals surface area contributed by atoms with Gasteiger partial charge in [0.25, 0.3) is 0 Å². The Kier molecular flexibility index (Phi) is 5.17. The minimum Gasteiger partial charge on any atom is -0.339 e. The van der Waals surface area contributed by atoms with E-state index in [2.05, 4.69) is 29.3 Å². The molecule has 1 aliphatic heterocycles. The van der Waals surface area contributed by atoms with Crippen molar-refractivity contribution in [3.05, 3.63) is 11.7 Å². The van der Waals surface area contributed by atoms with E-state index in [9.17, 15) is 0 Å². The van der Waals surface area contributed by atoms with Gasteiger partial charge in [-0.2, -0.15) is 4.98 Å². The fourth-order valence-electron chi connectivity index (χ4n) is 2.47.